The first-order valence-corrected chi connectivity index (χ1v) is 6.04. The second-order valence-corrected chi connectivity index (χ2v) is 4.12. The number of anilines is 1. The van der Waals surface area contributed by atoms with Gasteiger partial charge in [0, 0.05) is 5.38 Å². The topological polar surface area (TPSA) is 51.2 Å². The molecule has 1 amide bonds. The molecule has 2 rings (SSSR count). The van der Waals surface area contributed by atoms with E-state index in [-0.39, 0.29) is 12.3 Å². The normalized spacial score (nSPS) is 9.94. The standard InChI is InChI=1S/C12H12N2O2S/c1-16-11-5-3-2-4-10(11)14-12(15)6-9-7-17-8-13-9/h2-5,7-8H,6H2,1H3,(H,14,15). The molecule has 0 aliphatic carbocycles. The zero-order chi connectivity index (χ0) is 12.1. The summed E-state index contributed by atoms with van der Waals surface area (Å²) in [5.41, 5.74) is 3.17. The molecule has 4 nitrogen and oxygen atoms in total. The second-order valence-electron chi connectivity index (χ2n) is 3.41. The van der Waals surface area contributed by atoms with Crippen LogP contribution in [0.4, 0.5) is 5.69 Å². The number of hydrogen-bond acceptors (Lipinski definition) is 4. The van der Waals surface area contributed by atoms with Gasteiger partial charge in [-0.3, -0.25) is 4.79 Å². The number of rotatable bonds is 4. The minimum Gasteiger partial charge on any atom is -0.495 e. The Hall–Kier alpha value is -1.88. The first kappa shape index (κ1) is 11.6. The van der Waals surface area contributed by atoms with E-state index in [9.17, 15) is 4.79 Å². The van der Waals surface area contributed by atoms with E-state index in [2.05, 4.69) is 10.3 Å². The van der Waals surface area contributed by atoms with Crippen LogP contribution >= 0.6 is 11.3 Å². The molecular weight excluding hydrogens is 236 g/mol. The molecule has 1 heterocycles. The van der Waals surface area contributed by atoms with Crippen LogP contribution in [-0.4, -0.2) is 18.0 Å². The van der Waals surface area contributed by atoms with E-state index in [0.717, 1.165) is 5.69 Å². The van der Waals surface area contributed by atoms with Crippen LogP contribution in [-0.2, 0) is 11.2 Å². The molecule has 0 aliphatic heterocycles. The van der Waals surface area contributed by atoms with Crippen molar-refractivity contribution in [2.24, 2.45) is 0 Å². The number of nitrogens with zero attached hydrogens (tertiary/aromatic N) is 1. The van der Waals surface area contributed by atoms with Crippen molar-refractivity contribution in [2.45, 2.75) is 6.42 Å². The van der Waals surface area contributed by atoms with Crippen LogP contribution in [0.5, 0.6) is 5.75 Å². The van der Waals surface area contributed by atoms with Gasteiger partial charge in [-0.25, -0.2) is 4.98 Å². The molecule has 0 saturated carbocycles. The van der Waals surface area contributed by atoms with Crippen LogP contribution in [0.3, 0.4) is 0 Å². The highest BCUT2D eigenvalue weighted by Gasteiger charge is 2.08. The van der Waals surface area contributed by atoms with Crippen molar-refractivity contribution < 1.29 is 9.53 Å². The number of carbonyl (C=O) groups excluding carboxylic acids is 1. The van der Waals surface area contributed by atoms with Crippen molar-refractivity contribution in [1.82, 2.24) is 4.98 Å². The molecule has 0 atom stereocenters. The lowest BCUT2D eigenvalue weighted by atomic mass is 10.2. The van der Waals surface area contributed by atoms with Crippen molar-refractivity contribution >= 4 is 22.9 Å². The minimum absolute atomic E-state index is 0.0969. The number of benzene rings is 1. The number of amides is 1. The fourth-order valence-electron chi connectivity index (χ4n) is 1.43. The molecule has 0 spiro atoms. The number of hydrogen-bond donors (Lipinski definition) is 1. The van der Waals surface area contributed by atoms with Gasteiger partial charge in [0.2, 0.25) is 5.91 Å². The lowest BCUT2D eigenvalue weighted by Crippen LogP contribution is -2.15. The van der Waals surface area contributed by atoms with Crippen molar-refractivity contribution in [2.75, 3.05) is 12.4 Å². The molecule has 17 heavy (non-hydrogen) atoms. The highest BCUT2D eigenvalue weighted by molar-refractivity contribution is 7.07. The number of thiazole rings is 1. The number of methoxy groups -OCH3 is 1. The van der Waals surface area contributed by atoms with E-state index >= 15 is 0 Å². The number of para-hydroxylation sites is 2. The van der Waals surface area contributed by atoms with Gasteiger partial charge in [-0.2, -0.15) is 0 Å². The minimum atomic E-state index is -0.0969. The summed E-state index contributed by atoms with van der Waals surface area (Å²) in [5, 5.41) is 4.66. The Morgan fingerprint density at radius 2 is 2.29 bits per heavy atom. The Bertz CT molecular complexity index is 497. The molecule has 1 aromatic heterocycles. The molecule has 1 aromatic carbocycles. The van der Waals surface area contributed by atoms with E-state index < -0.39 is 0 Å². The number of ether oxygens (including phenoxy) is 1. The third kappa shape index (κ3) is 3.04. The predicted molar refractivity (Wildman–Crippen MR) is 67.4 cm³/mol. The maximum Gasteiger partial charge on any atom is 0.230 e. The smallest absolute Gasteiger partial charge is 0.230 e. The molecule has 88 valence electrons. The molecule has 0 unspecified atom stereocenters. The van der Waals surface area contributed by atoms with E-state index in [4.69, 9.17) is 4.74 Å². The first-order valence-electron chi connectivity index (χ1n) is 5.09. The monoisotopic (exact) mass is 248 g/mol. The Kier molecular flexibility index (Phi) is 3.72. The molecule has 0 aliphatic rings. The second kappa shape index (κ2) is 5.45. The van der Waals surface area contributed by atoms with Crippen molar-refractivity contribution in [3.63, 3.8) is 0 Å². The van der Waals surface area contributed by atoms with Crippen LogP contribution in [0.15, 0.2) is 35.2 Å². The highest BCUT2D eigenvalue weighted by atomic mass is 32.1. The van der Waals surface area contributed by atoms with E-state index in [0.29, 0.717) is 11.4 Å². The quantitative estimate of drug-likeness (QED) is 0.903. The van der Waals surface area contributed by atoms with Gasteiger partial charge in [-0.1, -0.05) is 12.1 Å². The Balaban J connectivity index is 2.03. The third-order valence-electron chi connectivity index (χ3n) is 2.21. The summed E-state index contributed by atoms with van der Waals surface area (Å²) in [6.07, 6.45) is 0.279. The highest BCUT2D eigenvalue weighted by Crippen LogP contribution is 2.23. The Labute approximate surface area is 103 Å². The molecule has 5 heteroatoms. The molecule has 0 saturated heterocycles. The van der Waals surface area contributed by atoms with Gasteiger partial charge in [0.15, 0.2) is 0 Å². The fourth-order valence-corrected chi connectivity index (χ4v) is 1.99. The third-order valence-corrected chi connectivity index (χ3v) is 2.84. The molecule has 2 aromatic rings. The van der Waals surface area contributed by atoms with Crippen molar-refractivity contribution in [3.8, 4) is 5.75 Å². The van der Waals surface area contributed by atoms with Crippen LogP contribution in [0.2, 0.25) is 0 Å². The van der Waals surface area contributed by atoms with E-state index in [1.807, 2.05) is 17.5 Å². The van der Waals surface area contributed by atoms with E-state index in [1.165, 1.54) is 11.3 Å². The largest absolute Gasteiger partial charge is 0.495 e. The van der Waals surface area contributed by atoms with Gasteiger partial charge in [-0.15, -0.1) is 11.3 Å². The molecular formula is C12H12N2O2S. The maximum atomic E-state index is 11.7. The predicted octanol–water partition coefficient (Wildman–Crippen LogP) is 2.33. The summed E-state index contributed by atoms with van der Waals surface area (Å²) < 4.78 is 5.15. The summed E-state index contributed by atoms with van der Waals surface area (Å²) in [7, 11) is 1.57. The summed E-state index contributed by atoms with van der Waals surface area (Å²) in [5.74, 6) is 0.555. The van der Waals surface area contributed by atoms with E-state index in [1.54, 1.807) is 24.8 Å². The first-order chi connectivity index (χ1) is 8.29. The van der Waals surface area contributed by atoms with Crippen LogP contribution < -0.4 is 10.1 Å². The zero-order valence-electron chi connectivity index (χ0n) is 9.34. The van der Waals surface area contributed by atoms with Crippen molar-refractivity contribution in [3.05, 3.63) is 40.8 Å². The molecule has 0 radical (unpaired) electrons. The SMILES string of the molecule is COc1ccccc1NC(=O)Cc1cscn1. The fraction of sp³-hybridized carbons (Fsp3) is 0.167. The Morgan fingerprint density at radius 3 is 3.00 bits per heavy atom. The van der Waals surface area contributed by atoms with Gasteiger partial charge in [-0.05, 0) is 12.1 Å². The summed E-state index contributed by atoms with van der Waals surface area (Å²) in [6, 6.07) is 7.31. The molecule has 1 N–H and O–H groups in total. The van der Waals surface area contributed by atoms with Gasteiger partial charge in [0.05, 0.1) is 30.4 Å². The lowest BCUT2D eigenvalue weighted by molar-refractivity contribution is -0.115. The maximum absolute atomic E-state index is 11.7. The average Bonchev–Trinajstić information content (AvgIpc) is 2.82. The van der Waals surface area contributed by atoms with Crippen molar-refractivity contribution in [1.29, 1.82) is 0 Å². The van der Waals surface area contributed by atoms with Crippen LogP contribution in [0.25, 0.3) is 0 Å². The molecule has 0 fully saturated rings. The van der Waals surface area contributed by atoms with Gasteiger partial charge in [0.1, 0.15) is 5.75 Å². The summed E-state index contributed by atoms with van der Waals surface area (Å²) >= 11 is 1.48. The van der Waals surface area contributed by atoms with Gasteiger partial charge >= 0.3 is 0 Å². The average molecular weight is 248 g/mol. The zero-order valence-corrected chi connectivity index (χ0v) is 10.2. The number of nitrogens with one attached hydrogen (secondary N) is 1. The summed E-state index contributed by atoms with van der Waals surface area (Å²) in [4.78, 5) is 15.8. The number of carbonyl (C=O) groups is 1. The summed E-state index contributed by atoms with van der Waals surface area (Å²) in [6.45, 7) is 0. The van der Waals surface area contributed by atoms with Crippen LogP contribution in [0, 0.1) is 0 Å². The molecule has 0 bridgehead atoms. The number of aromatic nitrogens is 1. The van der Waals surface area contributed by atoms with Crippen LogP contribution in [0.1, 0.15) is 5.69 Å². The lowest BCUT2D eigenvalue weighted by Gasteiger charge is -2.08. The van der Waals surface area contributed by atoms with Gasteiger partial charge in [0.25, 0.3) is 0 Å². The Morgan fingerprint density at radius 1 is 1.47 bits per heavy atom. The van der Waals surface area contributed by atoms with Gasteiger partial charge < -0.3 is 10.1 Å².